The largest absolute Gasteiger partial charge is 0.367 e. The van der Waals surface area contributed by atoms with Gasteiger partial charge in [-0.25, -0.2) is 0 Å². The predicted molar refractivity (Wildman–Crippen MR) is 102 cm³/mol. The summed E-state index contributed by atoms with van der Waals surface area (Å²) in [5.74, 6) is 0.685. The molecule has 0 atom stereocenters. The fourth-order valence-electron chi connectivity index (χ4n) is 2.83. The number of carbonyl (C=O) groups excluding carboxylic acids is 1. The van der Waals surface area contributed by atoms with Crippen LogP contribution >= 0.6 is 0 Å². The number of aromatic nitrogens is 5. The van der Waals surface area contributed by atoms with E-state index in [0.29, 0.717) is 24.4 Å². The van der Waals surface area contributed by atoms with E-state index in [9.17, 15) is 4.79 Å². The maximum atomic E-state index is 12.3. The molecular weight excluding hydrogens is 342 g/mol. The molecule has 0 saturated carbocycles. The minimum atomic E-state index is -0.151. The molecule has 0 aliphatic heterocycles. The summed E-state index contributed by atoms with van der Waals surface area (Å²) in [6.07, 6.45) is 4.02. The zero-order chi connectivity index (χ0) is 18.6. The quantitative estimate of drug-likeness (QED) is 0.501. The number of nitrogens with two attached hydrogens (primary N) is 1. The molecule has 0 spiro atoms. The second kappa shape index (κ2) is 7.20. The third kappa shape index (κ3) is 3.59. The van der Waals surface area contributed by atoms with Gasteiger partial charge >= 0.3 is 0 Å². The van der Waals surface area contributed by atoms with Crippen molar-refractivity contribution in [3.63, 3.8) is 0 Å². The second-order valence-electron chi connectivity index (χ2n) is 5.95. The number of H-pyrrole nitrogens is 1. The van der Waals surface area contributed by atoms with Gasteiger partial charge in [0.05, 0.1) is 11.2 Å². The van der Waals surface area contributed by atoms with Crippen molar-refractivity contribution in [2.24, 2.45) is 0 Å². The Morgan fingerprint density at radius 2 is 1.93 bits per heavy atom. The van der Waals surface area contributed by atoms with E-state index in [-0.39, 0.29) is 11.9 Å². The fourth-order valence-corrected chi connectivity index (χ4v) is 2.83. The molecular formula is C19H17N7O. The average molecular weight is 359 g/mol. The lowest BCUT2D eigenvalue weighted by Gasteiger charge is -2.07. The molecule has 1 aromatic carbocycles. The highest BCUT2D eigenvalue weighted by molar-refractivity contribution is 5.96. The lowest BCUT2D eigenvalue weighted by atomic mass is 10.0. The molecule has 4 rings (SSSR count). The van der Waals surface area contributed by atoms with E-state index in [2.05, 4.69) is 30.5 Å². The van der Waals surface area contributed by atoms with Crippen LogP contribution in [0.15, 0.2) is 54.9 Å². The number of aromatic amines is 1. The number of carbonyl (C=O) groups is 1. The van der Waals surface area contributed by atoms with Crippen LogP contribution in [0.5, 0.6) is 0 Å². The maximum Gasteiger partial charge on any atom is 0.251 e. The molecule has 27 heavy (non-hydrogen) atoms. The van der Waals surface area contributed by atoms with Crippen molar-refractivity contribution in [3.8, 4) is 11.3 Å². The second-order valence-corrected chi connectivity index (χ2v) is 5.95. The number of fused-ring (bicyclic) bond motifs is 1. The number of hydrogen-bond donors (Lipinski definition) is 3. The van der Waals surface area contributed by atoms with E-state index < -0.39 is 0 Å². The third-order valence-electron chi connectivity index (χ3n) is 4.15. The summed E-state index contributed by atoms with van der Waals surface area (Å²) in [6.45, 7) is 0.436. The monoisotopic (exact) mass is 359 g/mol. The lowest BCUT2D eigenvalue weighted by Crippen LogP contribution is -2.25. The molecule has 4 aromatic rings. The van der Waals surface area contributed by atoms with E-state index >= 15 is 0 Å². The van der Waals surface area contributed by atoms with Gasteiger partial charge in [-0.15, -0.1) is 5.10 Å². The van der Waals surface area contributed by atoms with Gasteiger partial charge < -0.3 is 11.1 Å². The summed E-state index contributed by atoms with van der Waals surface area (Å²) in [5, 5.41) is 10.3. The van der Waals surface area contributed by atoms with Gasteiger partial charge in [0.2, 0.25) is 5.95 Å². The van der Waals surface area contributed by atoms with Crippen LogP contribution in [-0.4, -0.2) is 37.6 Å². The summed E-state index contributed by atoms with van der Waals surface area (Å²) in [4.78, 5) is 25.1. The molecule has 0 aliphatic carbocycles. The third-order valence-corrected chi connectivity index (χ3v) is 4.15. The minimum Gasteiger partial charge on any atom is -0.367 e. The Balaban J connectivity index is 1.46. The zero-order valence-corrected chi connectivity index (χ0v) is 14.4. The van der Waals surface area contributed by atoms with E-state index in [0.717, 1.165) is 22.2 Å². The van der Waals surface area contributed by atoms with Crippen LogP contribution in [0.3, 0.4) is 0 Å². The number of anilines is 1. The first-order valence-corrected chi connectivity index (χ1v) is 8.46. The highest BCUT2D eigenvalue weighted by atomic mass is 16.1. The average Bonchev–Trinajstić information content (AvgIpc) is 3.12. The number of benzene rings is 1. The maximum absolute atomic E-state index is 12.3. The number of hydrogen-bond acceptors (Lipinski definition) is 6. The number of pyridine rings is 2. The molecule has 0 bridgehead atoms. The summed E-state index contributed by atoms with van der Waals surface area (Å²) >= 11 is 0. The Labute approximate surface area is 154 Å². The normalized spacial score (nSPS) is 10.8. The van der Waals surface area contributed by atoms with Crippen LogP contribution in [-0.2, 0) is 6.42 Å². The number of rotatable bonds is 5. The lowest BCUT2D eigenvalue weighted by molar-refractivity contribution is 0.0954. The molecule has 8 nitrogen and oxygen atoms in total. The Bertz CT molecular complexity index is 1080. The molecule has 0 saturated heterocycles. The first-order chi connectivity index (χ1) is 13.2. The number of nitrogen functional groups attached to an aromatic ring is 1. The van der Waals surface area contributed by atoms with E-state index in [1.807, 2.05) is 30.3 Å². The summed E-state index contributed by atoms with van der Waals surface area (Å²) in [5.41, 5.74) is 8.69. The molecule has 3 heterocycles. The van der Waals surface area contributed by atoms with Crippen molar-refractivity contribution >= 4 is 22.8 Å². The van der Waals surface area contributed by atoms with E-state index in [1.165, 1.54) is 0 Å². The smallest absolute Gasteiger partial charge is 0.251 e. The van der Waals surface area contributed by atoms with E-state index in [1.54, 1.807) is 24.5 Å². The standard InChI is InChI=1S/C19H17N7O/c20-19-24-16(25-26-19)8-11-23-18(27)13-5-3-12(4-6-13)17-14-2-1-9-21-15(14)7-10-22-17/h1-7,9-10H,8,11H2,(H,23,27)(H3,20,24,25,26). The van der Waals surface area contributed by atoms with Crippen molar-refractivity contribution in [1.82, 2.24) is 30.5 Å². The molecule has 0 radical (unpaired) electrons. The molecule has 0 unspecified atom stereocenters. The summed E-state index contributed by atoms with van der Waals surface area (Å²) in [7, 11) is 0. The predicted octanol–water partition coefficient (Wildman–Crippen LogP) is 1.97. The minimum absolute atomic E-state index is 0.151. The van der Waals surface area contributed by atoms with Gasteiger partial charge in [-0.1, -0.05) is 12.1 Å². The topological polar surface area (TPSA) is 122 Å². The first kappa shape index (κ1) is 16.6. The molecule has 0 aliphatic rings. The molecule has 8 heteroatoms. The van der Waals surface area contributed by atoms with Gasteiger partial charge in [0.1, 0.15) is 5.82 Å². The van der Waals surface area contributed by atoms with Gasteiger partial charge in [-0.05, 0) is 30.3 Å². The van der Waals surface area contributed by atoms with Crippen molar-refractivity contribution in [3.05, 3.63) is 66.2 Å². The Morgan fingerprint density at radius 1 is 1.07 bits per heavy atom. The highest BCUT2D eigenvalue weighted by Crippen LogP contribution is 2.25. The van der Waals surface area contributed by atoms with Crippen molar-refractivity contribution in [2.75, 3.05) is 12.3 Å². The van der Waals surface area contributed by atoms with Crippen molar-refractivity contribution in [2.45, 2.75) is 6.42 Å². The zero-order valence-electron chi connectivity index (χ0n) is 14.4. The summed E-state index contributed by atoms with van der Waals surface area (Å²) in [6, 6.07) is 13.1. The van der Waals surface area contributed by atoms with Crippen molar-refractivity contribution < 1.29 is 4.79 Å². The van der Waals surface area contributed by atoms with Gasteiger partial charge in [0, 0.05) is 41.9 Å². The Hall–Kier alpha value is -3.81. The molecule has 3 aromatic heterocycles. The van der Waals surface area contributed by atoms with Gasteiger partial charge in [-0.3, -0.25) is 19.9 Å². The summed E-state index contributed by atoms with van der Waals surface area (Å²) < 4.78 is 0. The molecule has 134 valence electrons. The van der Waals surface area contributed by atoms with Gasteiger partial charge in [0.25, 0.3) is 5.91 Å². The van der Waals surface area contributed by atoms with Gasteiger partial charge in [0.15, 0.2) is 0 Å². The first-order valence-electron chi connectivity index (χ1n) is 8.46. The van der Waals surface area contributed by atoms with Crippen LogP contribution in [0, 0.1) is 0 Å². The molecule has 4 N–H and O–H groups in total. The van der Waals surface area contributed by atoms with Crippen molar-refractivity contribution in [1.29, 1.82) is 0 Å². The molecule has 1 amide bonds. The Kier molecular flexibility index (Phi) is 4.44. The number of nitrogens with one attached hydrogen (secondary N) is 2. The van der Waals surface area contributed by atoms with Crippen LogP contribution in [0.1, 0.15) is 16.2 Å². The number of amides is 1. The fraction of sp³-hybridized carbons (Fsp3) is 0.105. The van der Waals surface area contributed by atoms with Crippen LogP contribution in [0.2, 0.25) is 0 Å². The van der Waals surface area contributed by atoms with Crippen LogP contribution < -0.4 is 11.1 Å². The Morgan fingerprint density at radius 3 is 2.70 bits per heavy atom. The highest BCUT2D eigenvalue weighted by Gasteiger charge is 2.09. The van der Waals surface area contributed by atoms with Crippen LogP contribution in [0.4, 0.5) is 5.95 Å². The van der Waals surface area contributed by atoms with Gasteiger partial charge in [-0.2, -0.15) is 4.98 Å². The SMILES string of the molecule is Nc1n[nH]c(CCNC(=O)c2ccc(-c3nccc4ncccc34)cc2)n1. The number of nitrogens with zero attached hydrogens (tertiary/aromatic N) is 4. The molecule has 0 fully saturated rings. The van der Waals surface area contributed by atoms with E-state index in [4.69, 9.17) is 5.73 Å². The van der Waals surface area contributed by atoms with Crippen LogP contribution in [0.25, 0.3) is 22.2 Å².